The van der Waals surface area contributed by atoms with Gasteiger partial charge >= 0.3 is 70.2 Å². The molecule has 8 aromatic rings. The highest BCUT2D eigenvalue weighted by Gasteiger charge is 2.46. The van der Waals surface area contributed by atoms with E-state index in [1.807, 2.05) is 100 Å². The van der Waals surface area contributed by atoms with Crippen molar-refractivity contribution in [1.29, 1.82) is 0 Å². The zero-order valence-corrected chi connectivity index (χ0v) is 72.9. The number of likely N-dealkylation sites (N-methyl/N-ethyl adjacent to an activating group) is 2. The number of benzene rings is 4. The topological polar surface area (TPSA) is 542 Å². The van der Waals surface area contributed by atoms with E-state index in [-0.39, 0.29) is 90.0 Å². The van der Waals surface area contributed by atoms with Crippen molar-refractivity contribution in [2.45, 2.75) is 159 Å². The number of nitrogen functional groups attached to an aromatic ring is 3. The molecule has 0 aliphatic carbocycles. The molecule has 4 aromatic heterocycles. The summed E-state index contributed by atoms with van der Waals surface area (Å²) in [4.78, 5) is 159. The highest BCUT2D eigenvalue weighted by Crippen LogP contribution is 2.42. The van der Waals surface area contributed by atoms with Crippen LogP contribution in [0.1, 0.15) is 133 Å². The Morgan fingerprint density at radius 3 is 1.16 bits per heavy atom. The van der Waals surface area contributed by atoms with Crippen molar-refractivity contribution in [3.05, 3.63) is 175 Å². The van der Waals surface area contributed by atoms with Crippen molar-refractivity contribution >= 4 is 153 Å². The van der Waals surface area contributed by atoms with Gasteiger partial charge in [0.1, 0.15) is 46.0 Å². The first-order chi connectivity index (χ1) is 59.5. The molecule has 0 radical (unpaired) electrons. The number of aryl methyl sites for hydroxylation is 4. The second kappa shape index (κ2) is 41.9. The summed E-state index contributed by atoms with van der Waals surface area (Å²) in [5, 5.41) is 57.5. The fourth-order valence-corrected chi connectivity index (χ4v) is 17.9. The number of pyridine rings is 1. The summed E-state index contributed by atoms with van der Waals surface area (Å²) >= 11 is 3.41. The Balaban J connectivity index is 0.000000163. The molecule has 0 saturated carbocycles. The lowest BCUT2D eigenvalue weighted by Crippen LogP contribution is -2.59. The minimum absolute atomic E-state index is 0.00643. The lowest BCUT2D eigenvalue weighted by Gasteiger charge is -2.33. The van der Waals surface area contributed by atoms with E-state index in [1.165, 1.54) is 58.0 Å². The summed E-state index contributed by atoms with van der Waals surface area (Å²) in [5.41, 5.74) is 25.2. The van der Waals surface area contributed by atoms with Gasteiger partial charge in [0.15, 0.2) is 38.5 Å². The minimum Gasteiger partial charge on any atom is -0.536 e. The number of hydrogen-bond donors (Lipinski definition) is 12. The number of rotatable bonds is 24. The van der Waals surface area contributed by atoms with Crippen LogP contribution in [0.25, 0.3) is 0 Å². The molecule has 125 heavy (non-hydrogen) atoms. The predicted molar refractivity (Wildman–Crippen MR) is 466 cm³/mol. The number of Topliss-reactive ketones (excluding diaryl/α,β-unsaturated/α-hetero) is 4. The van der Waals surface area contributed by atoms with E-state index in [1.54, 1.807) is 31.5 Å². The van der Waals surface area contributed by atoms with Crippen LogP contribution in [-0.4, -0.2) is 213 Å². The van der Waals surface area contributed by atoms with Gasteiger partial charge in [-0.25, -0.2) is 37.8 Å². The first kappa shape index (κ1) is 94.0. The Morgan fingerprint density at radius 2 is 0.824 bits per heavy atom. The van der Waals surface area contributed by atoms with Gasteiger partial charge in [0.2, 0.25) is 10.0 Å². The zero-order chi connectivity index (χ0) is 90.4. The first-order valence-corrected chi connectivity index (χ1v) is 44.4. The standard InChI is InChI=1S/C22H26BN5O6S.C20H21BN4O5S2.C20H26BN3O6.C18H23BN4O4S/c1-3-27-7-8-28(20(31)19(27)30)22(32)26-17(15-11-35-21(24)25-15)16(29)10-14-9-13-6-4-5-12(2)18(13)34-23(14)33;1-12-4-2-5-13-8-14(21(27)30-19(12)13)9-17(26)18(16-11-31-20(22)24-16)25-32(28,29)15-6-3-7-23-10-15;1-4-23-8-9-24(19(27)18(23)26)20(28)22-13(3)16(25)11-15-10-14-7-5-6-12(2)17(14)30-21(15)29;1-3-21-18(25)23-15(13-9-28-17(20)22-13)14(24)8-12-7-11-6-4-5-10(2)16(11)27-19(12)26/h4-6,11,14,17,33H,3,7-10H2,1-2H3,(H2,24,25)(H,26,32);2-7,10-11,14,18,25,27H,8-9H2,1H3,(H2,22,24);5-7,13,15,29H,4,8-11H2,1-3H3,(H,22,28);4-6,9,12,15,26H,3,7-8H2,1-2H3,(H2,20,22)(H2,21,23,25)/t14-,17?;14-,18?;13-,15+;12-,15?/m1101/s1. The molecule has 45 heteroatoms. The average molecular weight is 1790 g/mol. The molecule has 0 spiro atoms. The van der Waals surface area contributed by atoms with Gasteiger partial charge in [-0.3, -0.25) is 53.1 Å². The van der Waals surface area contributed by atoms with Crippen LogP contribution in [0.15, 0.2) is 118 Å². The number of hydrogen-bond acceptors (Lipinski definition) is 31. The van der Waals surface area contributed by atoms with Gasteiger partial charge in [-0.2, -0.15) is 4.72 Å². The van der Waals surface area contributed by atoms with Crippen molar-refractivity contribution in [3.63, 3.8) is 0 Å². The molecule has 6 aliphatic rings. The summed E-state index contributed by atoms with van der Waals surface area (Å²) in [6.45, 7) is 16.1. The first-order valence-electron chi connectivity index (χ1n) is 40.3. The molecule has 658 valence electrons. The average Bonchev–Trinajstić information content (AvgIpc) is 1.55. The number of anilines is 3. The van der Waals surface area contributed by atoms with Crippen LogP contribution in [0.3, 0.4) is 0 Å². The number of thiazole rings is 3. The molecule has 6 aliphatic heterocycles. The smallest absolute Gasteiger partial charge is 0.526 e. The summed E-state index contributed by atoms with van der Waals surface area (Å²) in [5.74, 6) is -4.22. The van der Waals surface area contributed by atoms with E-state index in [0.717, 1.165) is 77.0 Å². The van der Waals surface area contributed by atoms with Gasteiger partial charge < -0.3 is 87.0 Å². The third kappa shape index (κ3) is 23.1. The third-order valence-corrected chi connectivity index (χ3v) is 25.3. The number of nitrogens with zero attached hydrogens (tertiary/aromatic N) is 8. The van der Waals surface area contributed by atoms with Crippen LogP contribution in [0.4, 0.5) is 29.8 Å². The van der Waals surface area contributed by atoms with E-state index in [0.29, 0.717) is 79.1 Å². The second-order valence-corrected chi connectivity index (χ2v) is 35.0. The van der Waals surface area contributed by atoms with Crippen LogP contribution in [0, 0.1) is 27.7 Å². The predicted octanol–water partition coefficient (Wildman–Crippen LogP) is 5.18. The molecule has 8 atom stereocenters. The number of para-hydroxylation sites is 4. The van der Waals surface area contributed by atoms with Crippen molar-refractivity contribution in [2.24, 2.45) is 0 Å². The Bertz CT molecular complexity index is 5470. The molecule has 3 unspecified atom stereocenters. The van der Waals surface area contributed by atoms with Gasteiger partial charge in [0, 0.05) is 123 Å². The van der Waals surface area contributed by atoms with Gasteiger partial charge in [-0.05, 0) is 138 Å². The van der Waals surface area contributed by atoms with E-state index in [2.05, 4.69) is 45.9 Å². The Labute approximate surface area is 733 Å². The lowest BCUT2D eigenvalue weighted by molar-refractivity contribution is -0.153. The maximum atomic E-state index is 13.4. The summed E-state index contributed by atoms with van der Waals surface area (Å²) in [6, 6.07) is 19.2. The molecule has 4 aromatic carbocycles. The van der Waals surface area contributed by atoms with Crippen molar-refractivity contribution in [3.8, 4) is 23.0 Å². The fourth-order valence-electron chi connectivity index (χ4n) is 15.0. The Morgan fingerprint density at radius 1 is 0.480 bits per heavy atom. The van der Waals surface area contributed by atoms with E-state index >= 15 is 0 Å². The summed E-state index contributed by atoms with van der Waals surface area (Å²) < 4.78 is 50.7. The number of amides is 10. The lowest BCUT2D eigenvalue weighted by atomic mass is 9.64. The molecular weight excluding hydrogens is 1690 g/mol. The number of carbonyl (C=O) groups is 11. The van der Waals surface area contributed by atoms with Crippen LogP contribution in [0.2, 0.25) is 23.3 Å². The van der Waals surface area contributed by atoms with E-state index < -0.39 is 139 Å². The van der Waals surface area contributed by atoms with E-state index in [4.69, 9.17) is 35.8 Å². The molecule has 2 saturated heterocycles. The fraction of sp³-hybridized carbons (Fsp3) is 0.388. The quantitative estimate of drug-likeness (QED) is 0.0274. The van der Waals surface area contributed by atoms with Gasteiger partial charge in [0.05, 0.1) is 23.1 Å². The molecule has 10 amide bonds. The number of urea groups is 3. The SMILES string of the molecule is CCN1CCN(C(=O)NC(C(=O)C[C@H]2Cc3cccc(C)c3OB2O)c2csc(N)n2)C(=O)C1=O.CCN1CCN(C(=O)N[C@@H](C)C(=O)C[C@H]2Cc3cccc(C)c3OB2O)C(=O)C1=O.CCNC(=O)NC(C(=O)C[C@H]1Cc2cccc(C)c2OB1O)c1csc(N)n1.Cc1cccc2c1OB(O)[C@@H](CC(=O)C(NS(=O)(=O)c1cccnc1)c1csc(N)n1)C2. The number of nitrogens with two attached hydrogens (primary N) is 3. The van der Waals surface area contributed by atoms with Crippen molar-refractivity contribution in [1.82, 2.24) is 65.5 Å². The molecule has 37 nitrogen and oxygen atoms in total. The maximum Gasteiger partial charge on any atom is 0.526 e. The van der Waals surface area contributed by atoms with Crippen LogP contribution in [0.5, 0.6) is 23.0 Å². The van der Waals surface area contributed by atoms with Crippen LogP contribution in [-0.2, 0) is 74.1 Å². The number of sulfonamides is 1. The van der Waals surface area contributed by atoms with Gasteiger partial charge in [-0.1, -0.05) is 72.8 Å². The number of imide groups is 2. The van der Waals surface area contributed by atoms with Crippen LogP contribution >= 0.6 is 34.0 Å². The molecule has 0 bridgehead atoms. The normalized spacial score (nSPS) is 18.0. The number of ketones is 4. The largest absolute Gasteiger partial charge is 0.536 e. The van der Waals surface area contributed by atoms with Crippen molar-refractivity contribution < 1.29 is 99.9 Å². The van der Waals surface area contributed by atoms with Crippen molar-refractivity contribution in [2.75, 3.05) is 63.0 Å². The monoisotopic (exact) mass is 1790 g/mol. The number of piperazine rings is 2. The zero-order valence-electron chi connectivity index (χ0n) is 69.7. The number of carbonyl (C=O) groups excluding carboxylic acids is 11. The summed E-state index contributed by atoms with van der Waals surface area (Å²) in [7, 11) is -8.66. The molecule has 14 rings (SSSR count). The summed E-state index contributed by atoms with van der Waals surface area (Å²) in [6.07, 6.45) is 4.27. The van der Waals surface area contributed by atoms with Gasteiger partial charge in [-0.15, -0.1) is 34.0 Å². The van der Waals surface area contributed by atoms with Crippen LogP contribution < -0.4 is 61.8 Å². The van der Waals surface area contributed by atoms with E-state index in [9.17, 15) is 81.3 Å². The number of aromatic nitrogens is 4. The highest BCUT2D eigenvalue weighted by atomic mass is 32.2. The number of fused-ring (bicyclic) bond motifs is 4. The Hall–Kier alpha value is -11.7. The molecular formula is C80H96B4N16O21S4. The number of nitrogens with one attached hydrogen (secondary N) is 5. The minimum atomic E-state index is -4.06. The molecule has 2 fully saturated rings. The molecule has 15 N–H and O–H groups in total. The maximum absolute atomic E-state index is 13.4. The van der Waals surface area contributed by atoms with Gasteiger partial charge in [0.25, 0.3) is 0 Å². The Kier molecular flexibility index (Phi) is 31.5. The second-order valence-electron chi connectivity index (χ2n) is 30.6. The highest BCUT2D eigenvalue weighted by molar-refractivity contribution is 7.89. The molecule has 10 heterocycles. The third-order valence-electron chi connectivity index (χ3n) is 21.8.